The van der Waals surface area contributed by atoms with Gasteiger partial charge in [-0.05, 0) is 0 Å². The lowest BCUT2D eigenvalue weighted by molar-refractivity contribution is -0.130. The lowest BCUT2D eigenvalue weighted by Gasteiger charge is -2.08. The average Bonchev–Trinajstić information content (AvgIpc) is 1.85. The highest BCUT2D eigenvalue weighted by Crippen LogP contribution is 2.25. The molecule has 0 radical (unpaired) electrons. The van der Waals surface area contributed by atoms with Crippen LogP contribution in [0, 0.1) is 0 Å². The minimum atomic E-state index is -2.23. The second-order valence-corrected chi connectivity index (χ2v) is 3.79. The molecule has 0 fully saturated rings. The molecule has 0 saturated heterocycles. The Kier molecular flexibility index (Phi) is 4.07. The fraction of sp³-hybridized carbons (Fsp3) is 0.500. The van der Waals surface area contributed by atoms with Gasteiger partial charge in [0.15, 0.2) is 6.67 Å². The Morgan fingerprint density at radius 1 is 1.36 bits per heavy atom. The summed E-state index contributed by atoms with van der Waals surface area (Å²) in [5.74, 6) is -2.30. The number of nitrogens with one attached hydrogen (secondary N) is 1. The lowest BCUT2D eigenvalue weighted by atomic mass is 10.6. The van der Waals surface area contributed by atoms with Crippen molar-refractivity contribution in [3.63, 3.8) is 0 Å². The number of hydrogen-bond donors (Lipinski definition) is 1. The van der Waals surface area contributed by atoms with Gasteiger partial charge in [0.2, 0.25) is 0 Å². The van der Waals surface area contributed by atoms with Crippen molar-refractivity contribution < 1.29 is 14.0 Å². The van der Waals surface area contributed by atoms with E-state index in [-0.39, 0.29) is 0 Å². The predicted octanol–water partition coefficient (Wildman–Crippen LogP) is 0.969. The van der Waals surface area contributed by atoms with Gasteiger partial charge in [-0.15, -0.1) is 0 Å². The number of carbonyl (C=O) groups is 2. The van der Waals surface area contributed by atoms with Gasteiger partial charge in [-0.25, -0.2) is 4.39 Å². The molecule has 11 heavy (non-hydrogen) atoms. The third kappa shape index (κ3) is 4.40. The molecule has 0 aliphatic heterocycles. The van der Waals surface area contributed by atoms with E-state index in [1.165, 1.54) is 5.32 Å². The fourth-order valence-corrected chi connectivity index (χ4v) is 0.373. The third-order valence-electron chi connectivity index (χ3n) is 0.632. The molecule has 3 nitrogen and oxygen atoms in total. The highest BCUT2D eigenvalue weighted by atomic mass is 35.6. The maximum absolute atomic E-state index is 11.4. The molecule has 0 aliphatic rings. The van der Waals surface area contributed by atoms with Crippen molar-refractivity contribution in [2.75, 3.05) is 6.67 Å². The Hall–Kier alpha value is -0.0600. The molecule has 0 heterocycles. The normalized spacial score (nSPS) is 10.9. The van der Waals surface area contributed by atoms with E-state index >= 15 is 0 Å². The zero-order chi connectivity index (χ0) is 9.07. The minimum Gasteiger partial charge on any atom is -0.290 e. The molecule has 1 N–H and O–H groups in total. The van der Waals surface area contributed by atoms with Gasteiger partial charge in [0.1, 0.15) is 0 Å². The van der Waals surface area contributed by atoms with Crippen LogP contribution in [-0.2, 0) is 9.59 Å². The summed E-state index contributed by atoms with van der Waals surface area (Å²) in [5, 5.41) is 1.52. The maximum Gasteiger partial charge on any atom is 0.278 e. The Morgan fingerprint density at radius 2 is 1.82 bits per heavy atom. The van der Waals surface area contributed by atoms with Gasteiger partial charge in [0.25, 0.3) is 15.6 Å². The van der Waals surface area contributed by atoms with Crippen molar-refractivity contribution in [3.05, 3.63) is 0 Å². The van der Waals surface area contributed by atoms with Crippen molar-refractivity contribution in [2.45, 2.75) is 3.79 Å². The number of carbonyl (C=O) groups excluding carboxylic acids is 2. The molecule has 0 atom stereocenters. The van der Waals surface area contributed by atoms with E-state index < -0.39 is 22.3 Å². The minimum absolute atomic E-state index is 1.14. The van der Waals surface area contributed by atoms with Gasteiger partial charge < -0.3 is 0 Å². The first kappa shape index (κ1) is 10.9. The largest absolute Gasteiger partial charge is 0.290 e. The van der Waals surface area contributed by atoms with Gasteiger partial charge in [-0.3, -0.25) is 14.9 Å². The van der Waals surface area contributed by atoms with Crippen LogP contribution in [0.15, 0.2) is 0 Å². The van der Waals surface area contributed by atoms with Crippen LogP contribution in [0.3, 0.4) is 0 Å². The highest BCUT2D eigenvalue weighted by Gasteiger charge is 2.31. The van der Waals surface area contributed by atoms with E-state index in [9.17, 15) is 14.0 Å². The summed E-state index contributed by atoms with van der Waals surface area (Å²) < 4.78 is 9.21. The smallest absolute Gasteiger partial charge is 0.278 e. The Labute approximate surface area is 76.8 Å². The second kappa shape index (κ2) is 4.09. The number of imide groups is 1. The van der Waals surface area contributed by atoms with E-state index in [1.54, 1.807) is 0 Å². The summed E-state index contributed by atoms with van der Waals surface area (Å²) in [4.78, 5) is 20.7. The quantitative estimate of drug-likeness (QED) is 0.672. The average molecular weight is 222 g/mol. The molecule has 0 aliphatic carbocycles. The SMILES string of the molecule is O=C(CF)NC(=O)C(Cl)(Cl)Cl. The summed E-state index contributed by atoms with van der Waals surface area (Å²) in [6.07, 6.45) is 0. The summed E-state index contributed by atoms with van der Waals surface area (Å²) >= 11 is 15.1. The van der Waals surface area contributed by atoms with E-state index in [2.05, 4.69) is 0 Å². The topological polar surface area (TPSA) is 46.2 Å². The second-order valence-electron chi connectivity index (χ2n) is 1.51. The Bertz CT molecular complexity index is 179. The summed E-state index contributed by atoms with van der Waals surface area (Å²) in [6.45, 7) is -1.33. The third-order valence-corrected chi connectivity index (χ3v) is 1.15. The van der Waals surface area contributed by atoms with Crippen LogP contribution in [0.1, 0.15) is 0 Å². The number of hydrogen-bond acceptors (Lipinski definition) is 2. The standard InChI is InChI=1S/C4H3Cl3FNO2/c5-4(6,7)3(11)9-2(10)1-8/h1H2,(H,9,10,11). The lowest BCUT2D eigenvalue weighted by Crippen LogP contribution is -2.39. The van der Waals surface area contributed by atoms with Crippen LogP contribution in [0.4, 0.5) is 4.39 Å². The molecule has 0 unspecified atom stereocenters. The number of alkyl halides is 4. The molecule has 0 spiro atoms. The Balaban J connectivity index is 3.99. The molecule has 0 aromatic carbocycles. The number of rotatable bonds is 1. The Morgan fingerprint density at radius 3 is 2.09 bits per heavy atom. The first-order chi connectivity index (χ1) is 4.88. The van der Waals surface area contributed by atoms with Gasteiger partial charge in [-0.1, -0.05) is 34.8 Å². The first-order valence-electron chi connectivity index (χ1n) is 2.35. The van der Waals surface area contributed by atoms with Gasteiger partial charge in [-0.2, -0.15) is 0 Å². The van der Waals surface area contributed by atoms with Crippen LogP contribution in [0.25, 0.3) is 0 Å². The van der Waals surface area contributed by atoms with Crippen LogP contribution in [-0.4, -0.2) is 22.3 Å². The number of amides is 2. The molecule has 64 valence electrons. The van der Waals surface area contributed by atoms with Crippen molar-refractivity contribution in [2.24, 2.45) is 0 Å². The van der Waals surface area contributed by atoms with Gasteiger partial charge >= 0.3 is 0 Å². The zero-order valence-electron chi connectivity index (χ0n) is 5.04. The first-order valence-corrected chi connectivity index (χ1v) is 3.48. The highest BCUT2D eigenvalue weighted by molar-refractivity contribution is 6.76. The van der Waals surface area contributed by atoms with Crippen molar-refractivity contribution in [1.29, 1.82) is 0 Å². The van der Waals surface area contributed by atoms with E-state index in [0.29, 0.717) is 0 Å². The van der Waals surface area contributed by atoms with Crippen molar-refractivity contribution in [1.82, 2.24) is 5.32 Å². The van der Waals surface area contributed by atoms with E-state index in [1.807, 2.05) is 0 Å². The van der Waals surface area contributed by atoms with Crippen LogP contribution in [0.2, 0.25) is 0 Å². The number of halogens is 4. The summed E-state index contributed by atoms with van der Waals surface area (Å²) in [5.41, 5.74) is 0. The van der Waals surface area contributed by atoms with Crippen molar-refractivity contribution in [3.8, 4) is 0 Å². The molecule has 0 aromatic heterocycles. The molecule has 0 saturated carbocycles. The molecular formula is C4H3Cl3FNO2. The van der Waals surface area contributed by atoms with Crippen LogP contribution < -0.4 is 5.32 Å². The predicted molar refractivity (Wildman–Crippen MR) is 39.4 cm³/mol. The summed E-state index contributed by atoms with van der Waals surface area (Å²) in [6, 6.07) is 0. The summed E-state index contributed by atoms with van der Waals surface area (Å²) in [7, 11) is 0. The van der Waals surface area contributed by atoms with Gasteiger partial charge in [0.05, 0.1) is 0 Å². The van der Waals surface area contributed by atoms with E-state index in [4.69, 9.17) is 34.8 Å². The molecule has 0 aromatic rings. The van der Waals surface area contributed by atoms with E-state index in [0.717, 1.165) is 0 Å². The molecule has 0 bridgehead atoms. The molecular weight excluding hydrogens is 219 g/mol. The van der Waals surface area contributed by atoms with Crippen LogP contribution >= 0.6 is 34.8 Å². The maximum atomic E-state index is 11.4. The van der Waals surface area contributed by atoms with Crippen molar-refractivity contribution >= 4 is 46.6 Å². The van der Waals surface area contributed by atoms with Crippen LogP contribution in [0.5, 0.6) is 0 Å². The molecule has 0 rings (SSSR count). The zero-order valence-corrected chi connectivity index (χ0v) is 7.30. The molecule has 7 heteroatoms. The van der Waals surface area contributed by atoms with Gasteiger partial charge in [0, 0.05) is 0 Å². The fourth-order valence-electron chi connectivity index (χ4n) is 0.231. The monoisotopic (exact) mass is 221 g/mol. The molecule has 2 amide bonds.